The van der Waals surface area contributed by atoms with Crippen molar-refractivity contribution in [2.75, 3.05) is 11.6 Å². The third-order valence-electron chi connectivity index (χ3n) is 2.91. The van der Waals surface area contributed by atoms with Gasteiger partial charge < -0.3 is 5.32 Å². The molecule has 2 aromatic carbocycles. The molecule has 0 amide bonds. The third-order valence-corrected chi connectivity index (χ3v) is 3.80. The van der Waals surface area contributed by atoms with Crippen LogP contribution in [0.1, 0.15) is 0 Å². The zero-order valence-corrected chi connectivity index (χ0v) is 12.4. The second-order valence-electron chi connectivity index (χ2n) is 4.22. The second kappa shape index (κ2) is 5.69. The maximum absolute atomic E-state index is 5.98. The molecular weight excluding hydrogens is 290 g/mol. The number of nitrogens with one attached hydrogen (secondary N) is 1. The largest absolute Gasteiger partial charge is 0.340 e. The minimum atomic E-state index is 0.243. The lowest BCUT2D eigenvalue weighted by Crippen LogP contribution is -1.97. The number of thioether (sulfide) groups is 1. The zero-order valence-electron chi connectivity index (χ0n) is 10.8. The normalized spacial score (nSPS) is 10.7. The summed E-state index contributed by atoms with van der Waals surface area (Å²) >= 11 is 7.68. The number of aromatic nitrogens is 2. The Morgan fingerprint density at radius 1 is 1.05 bits per heavy atom. The van der Waals surface area contributed by atoms with Gasteiger partial charge in [-0.05, 0) is 48.2 Å². The monoisotopic (exact) mass is 301 g/mol. The second-order valence-corrected chi connectivity index (χ2v) is 5.43. The van der Waals surface area contributed by atoms with E-state index in [0.717, 1.165) is 22.4 Å². The van der Waals surface area contributed by atoms with Gasteiger partial charge in [0.25, 0.3) is 0 Å². The van der Waals surface area contributed by atoms with Gasteiger partial charge >= 0.3 is 0 Å². The summed E-state index contributed by atoms with van der Waals surface area (Å²) in [6, 6.07) is 16.0. The number of para-hydroxylation sites is 1. The highest BCUT2D eigenvalue weighted by Crippen LogP contribution is 2.26. The molecule has 0 atom stereocenters. The topological polar surface area (TPSA) is 37.8 Å². The minimum absolute atomic E-state index is 0.243. The molecule has 3 aromatic rings. The van der Waals surface area contributed by atoms with Gasteiger partial charge in [-0.25, -0.2) is 4.98 Å². The molecule has 1 heterocycles. The average molecular weight is 302 g/mol. The van der Waals surface area contributed by atoms with Crippen LogP contribution in [0.5, 0.6) is 0 Å². The molecule has 0 aliphatic heterocycles. The number of hydrogen-bond acceptors (Lipinski definition) is 4. The lowest BCUT2D eigenvalue weighted by atomic mass is 10.2. The first-order valence-electron chi connectivity index (χ1n) is 6.09. The van der Waals surface area contributed by atoms with Crippen LogP contribution >= 0.6 is 23.4 Å². The van der Waals surface area contributed by atoms with Crippen LogP contribution in [-0.4, -0.2) is 16.2 Å². The molecule has 5 heteroatoms. The first-order chi connectivity index (χ1) is 9.76. The zero-order chi connectivity index (χ0) is 13.9. The van der Waals surface area contributed by atoms with Gasteiger partial charge in [-0.15, -0.1) is 11.8 Å². The molecule has 0 aliphatic rings. The van der Waals surface area contributed by atoms with Crippen LogP contribution < -0.4 is 5.32 Å². The summed E-state index contributed by atoms with van der Waals surface area (Å²) in [5, 5.41) is 4.51. The summed E-state index contributed by atoms with van der Waals surface area (Å²) in [6.07, 6.45) is 2.05. The molecule has 1 aromatic heterocycles. The lowest BCUT2D eigenvalue weighted by molar-refractivity contribution is 1.22. The number of nitrogens with zero attached hydrogens (tertiary/aromatic N) is 2. The van der Waals surface area contributed by atoms with Crippen molar-refractivity contribution in [3.8, 4) is 0 Å². The highest BCUT2D eigenvalue weighted by molar-refractivity contribution is 7.98. The molecular formula is C15H12ClN3S. The fraction of sp³-hybridized carbons (Fsp3) is 0.0667. The van der Waals surface area contributed by atoms with Gasteiger partial charge in [0.05, 0.1) is 5.52 Å². The fourth-order valence-electron chi connectivity index (χ4n) is 1.98. The van der Waals surface area contributed by atoms with E-state index in [9.17, 15) is 0 Å². The van der Waals surface area contributed by atoms with Crippen molar-refractivity contribution in [1.29, 1.82) is 0 Å². The first-order valence-corrected chi connectivity index (χ1v) is 7.70. The van der Waals surface area contributed by atoms with E-state index in [1.54, 1.807) is 11.8 Å². The van der Waals surface area contributed by atoms with E-state index >= 15 is 0 Å². The van der Waals surface area contributed by atoms with Gasteiger partial charge in [0.2, 0.25) is 5.28 Å². The van der Waals surface area contributed by atoms with Crippen LogP contribution in [0, 0.1) is 0 Å². The Bertz CT molecular complexity index is 761. The lowest BCUT2D eigenvalue weighted by Gasteiger charge is -2.09. The number of halogens is 1. The third kappa shape index (κ3) is 2.71. The van der Waals surface area contributed by atoms with E-state index in [-0.39, 0.29) is 5.28 Å². The standard InChI is InChI=1S/C15H12ClN3S/c1-20-11-6-4-5-10(9-11)17-14-12-7-2-3-8-13(12)18-15(16)19-14/h2-9H,1H3,(H,17,18,19). The summed E-state index contributed by atoms with van der Waals surface area (Å²) in [4.78, 5) is 9.70. The van der Waals surface area contributed by atoms with Crippen LogP contribution in [-0.2, 0) is 0 Å². The van der Waals surface area contributed by atoms with Crippen LogP contribution in [0.3, 0.4) is 0 Å². The van der Waals surface area contributed by atoms with Crippen molar-refractivity contribution in [3.05, 3.63) is 53.8 Å². The molecule has 3 nitrogen and oxygen atoms in total. The number of hydrogen-bond donors (Lipinski definition) is 1. The molecule has 1 N–H and O–H groups in total. The molecule has 0 radical (unpaired) electrons. The molecule has 0 bridgehead atoms. The quantitative estimate of drug-likeness (QED) is 0.559. The molecule has 100 valence electrons. The maximum atomic E-state index is 5.98. The van der Waals surface area contributed by atoms with Gasteiger partial charge in [0, 0.05) is 16.0 Å². The van der Waals surface area contributed by atoms with Crippen molar-refractivity contribution in [1.82, 2.24) is 9.97 Å². The molecule has 0 aliphatic carbocycles. The van der Waals surface area contributed by atoms with E-state index < -0.39 is 0 Å². The smallest absolute Gasteiger partial charge is 0.224 e. The van der Waals surface area contributed by atoms with Crippen molar-refractivity contribution in [2.45, 2.75) is 4.90 Å². The summed E-state index contributed by atoms with van der Waals surface area (Å²) in [5.74, 6) is 0.721. The Balaban J connectivity index is 2.05. The SMILES string of the molecule is CSc1cccc(Nc2nc(Cl)nc3ccccc23)c1. The highest BCUT2D eigenvalue weighted by Gasteiger charge is 2.06. The molecule has 0 unspecified atom stereocenters. The van der Waals surface area contributed by atoms with Crippen molar-refractivity contribution < 1.29 is 0 Å². The summed E-state index contributed by atoms with van der Waals surface area (Å²) < 4.78 is 0. The van der Waals surface area contributed by atoms with Gasteiger partial charge in [0.15, 0.2) is 0 Å². The number of anilines is 2. The Hall–Kier alpha value is -1.78. The summed E-state index contributed by atoms with van der Waals surface area (Å²) in [5.41, 5.74) is 1.81. The van der Waals surface area contributed by atoms with Crippen LogP contribution in [0.2, 0.25) is 5.28 Å². The fourth-order valence-corrected chi connectivity index (χ4v) is 2.62. The van der Waals surface area contributed by atoms with E-state index in [2.05, 4.69) is 33.7 Å². The molecule has 0 saturated carbocycles. The van der Waals surface area contributed by atoms with Crippen LogP contribution in [0.25, 0.3) is 10.9 Å². The van der Waals surface area contributed by atoms with Gasteiger partial charge in [-0.2, -0.15) is 4.98 Å². The van der Waals surface area contributed by atoms with Gasteiger partial charge in [0.1, 0.15) is 5.82 Å². The Kier molecular flexibility index (Phi) is 3.76. The van der Waals surface area contributed by atoms with E-state index in [0.29, 0.717) is 0 Å². The molecule has 0 spiro atoms. The highest BCUT2D eigenvalue weighted by atomic mass is 35.5. The van der Waals surface area contributed by atoms with E-state index in [1.165, 1.54) is 4.90 Å². The number of fused-ring (bicyclic) bond motifs is 1. The summed E-state index contributed by atoms with van der Waals surface area (Å²) in [6.45, 7) is 0. The Morgan fingerprint density at radius 2 is 1.90 bits per heavy atom. The molecule has 3 rings (SSSR count). The van der Waals surface area contributed by atoms with E-state index in [1.807, 2.05) is 36.4 Å². The molecule has 0 saturated heterocycles. The van der Waals surface area contributed by atoms with Crippen molar-refractivity contribution in [2.24, 2.45) is 0 Å². The number of benzene rings is 2. The molecule has 20 heavy (non-hydrogen) atoms. The summed E-state index contributed by atoms with van der Waals surface area (Å²) in [7, 11) is 0. The van der Waals surface area contributed by atoms with Crippen molar-refractivity contribution >= 4 is 45.8 Å². The first kappa shape index (κ1) is 13.2. The number of rotatable bonds is 3. The average Bonchev–Trinajstić information content (AvgIpc) is 2.47. The Labute approximate surface area is 126 Å². The van der Waals surface area contributed by atoms with Gasteiger partial charge in [-0.3, -0.25) is 0 Å². The molecule has 0 fully saturated rings. The van der Waals surface area contributed by atoms with Gasteiger partial charge in [-0.1, -0.05) is 18.2 Å². The minimum Gasteiger partial charge on any atom is -0.340 e. The predicted molar refractivity (Wildman–Crippen MR) is 86.1 cm³/mol. The van der Waals surface area contributed by atoms with Crippen LogP contribution in [0.15, 0.2) is 53.4 Å². The predicted octanol–water partition coefficient (Wildman–Crippen LogP) is 4.75. The van der Waals surface area contributed by atoms with E-state index in [4.69, 9.17) is 11.6 Å². The Morgan fingerprint density at radius 3 is 2.75 bits per heavy atom. The van der Waals surface area contributed by atoms with Crippen LogP contribution in [0.4, 0.5) is 11.5 Å². The maximum Gasteiger partial charge on any atom is 0.224 e. The van der Waals surface area contributed by atoms with Crippen molar-refractivity contribution in [3.63, 3.8) is 0 Å².